The smallest absolute Gasteiger partial charge is 0.0599 e. The summed E-state index contributed by atoms with van der Waals surface area (Å²) in [6.07, 6.45) is 5.07. The van der Waals surface area contributed by atoms with E-state index in [0.29, 0.717) is 19.3 Å². The molecule has 0 heterocycles. The van der Waals surface area contributed by atoms with Gasteiger partial charge in [0, 0.05) is 0 Å². The van der Waals surface area contributed by atoms with Crippen molar-refractivity contribution in [2.24, 2.45) is 0 Å². The first-order chi connectivity index (χ1) is 4.29. The average molecular weight is 128 g/mol. The largest absolute Gasteiger partial charge is 0.393 e. The highest BCUT2D eigenvalue weighted by atomic mass is 16.3. The molecule has 0 bridgehead atoms. The second-order valence-electron chi connectivity index (χ2n) is 2.49. The lowest BCUT2D eigenvalue weighted by Gasteiger charge is -2.08. The minimum Gasteiger partial charge on any atom is -0.393 e. The number of hydrogen-bond donors (Lipinski definition) is 2. The van der Waals surface area contributed by atoms with Crippen LogP contribution < -0.4 is 0 Å². The maximum absolute atomic E-state index is 9.05. The van der Waals surface area contributed by atoms with Crippen LogP contribution in [0.5, 0.6) is 0 Å². The maximum atomic E-state index is 9.05. The third-order valence-corrected chi connectivity index (χ3v) is 1.53. The van der Waals surface area contributed by atoms with E-state index in [0.717, 1.165) is 0 Å². The van der Waals surface area contributed by atoms with Crippen molar-refractivity contribution in [1.29, 1.82) is 0 Å². The van der Waals surface area contributed by atoms with Gasteiger partial charge in [-0.3, -0.25) is 0 Å². The number of aliphatic hydroxyl groups excluding tert-OH is 2. The summed E-state index contributed by atoms with van der Waals surface area (Å²) in [5, 5.41) is 18.1. The Labute approximate surface area is 54.8 Å². The molecular weight excluding hydrogens is 116 g/mol. The lowest BCUT2D eigenvalue weighted by molar-refractivity contribution is 0.0880. The average Bonchev–Trinajstić information content (AvgIpc) is 1.93. The predicted molar refractivity (Wildman–Crippen MR) is 35.0 cm³/mol. The van der Waals surface area contributed by atoms with Crippen molar-refractivity contribution in [3.05, 3.63) is 12.2 Å². The predicted octanol–water partition coefficient (Wildman–Crippen LogP) is 0.448. The van der Waals surface area contributed by atoms with Crippen LogP contribution in [-0.2, 0) is 0 Å². The highest BCUT2D eigenvalue weighted by Gasteiger charge is 2.11. The fourth-order valence-corrected chi connectivity index (χ4v) is 1.01. The van der Waals surface area contributed by atoms with E-state index in [1.807, 2.05) is 12.2 Å². The van der Waals surface area contributed by atoms with Crippen LogP contribution in [0, 0.1) is 0 Å². The molecule has 1 aliphatic rings. The Morgan fingerprint density at radius 1 is 1.00 bits per heavy atom. The zero-order chi connectivity index (χ0) is 6.69. The quantitative estimate of drug-likeness (QED) is 0.465. The molecule has 9 heavy (non-hydrogen) atoms. The van der Waals surface area contributed by atoms with Crippen molar-refractivity contribution in [1.82, 2.24) is 0 Å². The summed E-state index contributed by atoms with van der Waals surface area (Å²) in [6.45, 7) is 0. The molecule has 0 aliphatic heterocycles. The fraction of sp³-hybridized carbons (Fsp3) is 0.714. The first-order valence-electron chi connectivity index (χ1n) is 3.30. The molecule has 2 nitrogen and oxygen atoms in total. The van der Waals surface area contributed by atoms with Crippen LogP contribution in [0.15, 0.2) is 12.2 Å². The Morgan fingerprint density at radius 2 is 1.44 bits per heavy atom. The SMILES string of the molecule is O[C@@H]1CC=CC[C@H](O)C1. The maximum Gasteiger partial charge on any atom is 0.0599 e. The Morgan fingerprint density at radius 3 is 1.89 bits per heavy atom. The molecule has 2 heteroatoms. The van der Waals surface area contributed by atoms with Crippen molar-refractivity contribution in [2.75, 3.05) is 0 Å². The molecule has 1 aliphatic carbocycles. The van der Waals surface area contributed by atoms with E-state index >= 15 is 0 Å². The molecule has 0 amide bonds. The van der Waals surface area contributed by atoms with Gasteiger partial charge in [-0.25, -0.2) is 0 Å². The minimum atomic E-state index is -0.334. The molecule has 0 unspecified atom stereocenters. The van der Waals surface area contributed by atoms with Crippen molar-refractivity contribution < 1.29 is 10.2 Å². The van der Waals surface area contributed by atoms with Gasteiger partial charge in [-0.2, -0.15) is 0 Å². The topological polar surface area (TPSA) is 40.5 Å². The molecule has 0 saturated carbocycles. The van der Waals surface area contributed by atoms with Crippen molar-refractivity contribution >= 4 is 0 Å². The Bertz CT molecular complexity index is 97.5. The van der Waals surface area contributed by atoms with E-state index in [1.165, 1.54) is 0 Å². The molecule has 0 aromatic carbocycles. The summed E-state index contributed by atoms with van der Waals surface area (Å²) in [5.74, 6) is 0. The molecule has 0 fully saturated rings. The molecule has 0 radical (unpaired) electrons. The van der Waals surface area contributed by atoms with Crippen molar-refractivity contribution in [2.45, 2.75) is 31.5 Å². The fourth-order valence-electron chi connectivity index (χ4n) is 1.01. The van der Waals surface area contributed by atoms with Gasteiger partial charge >= 0.3 is 0 Å². The van der Waals surface area contributed by atoms with Gasteiger partial charge in [0.25, 0.3) is 0 Å². The summed E-state index contributed by atoms with van der Waals surface area (Å²) in [4.78, 5) is 0. The highest BCUT2D eigenvalue weighted by molar-refractivity contribution is 4.90. The van der Waals surface area contributed by atoms with Gasteiger partial charge in [0.2, 0.25) is 0 Å². The summed E-state index contributed by atoms with van der Waals surface area (Å²) < 4.78 is 0. The Balaban J connectivity index is 2.40. The molecule has 0 saturated heterocycles. The molecule has 1 rings (SSSR count). The first-order valence-corrected chi connectivity index (χ1v) is 3.30. The zero-order valence-electron chi connectivity index (χ0n) is 5.33. The van der Waals surface area contributed by atoms with Crippen LogP contribution in [0.4, 0.5) is 0 Å². The summed E-state index contributed by atoms with van der Waals surface area (Å²) >= 11 is 0. The van der Waals surface area contributed by atoms with E-state index < -0.39 is 0 Å². The lowest BCUT2D eigenvalue weighted by atomic mass is 10.1. The third kappa shape index (κ3) is 2.16. The van der Waals surface area contributed by atoms with E-state index in [-0.39, 0.29) is 12.2 Å². The lowest BCUT2D eigenvalue weighted by Crippen LogP contribution is -2.14. The second-order valence-corrected chi connectivity index (χ2v) is 2.49. The zero-order valence-corrected chi connectivity index (χ0v) is 5.33. The van der Waals surface area contributed by atoms with Crippen LogP contribution in [0.25, 0.3) is 0 Å². The number of rotatable bonds is 0. The van der Waals surface area contributed by atoms with E-state index in [1.54, 1.807) is 0 Å². The third-order valence-electron chi connectivity index (χ3n) is 1.53. The van der Waals surface area contributed by atoms with Crippen molar-refractivity contribution in [3.63, 3.8) is 0 Å². The molecule has 2 N–H and O–H groups in total. The van der Waals surface area contributed by atoms with E-state index in [4.69, 9.17) is 10.2 Å². The van der Waals surface area contributed by atoms with Crippen LogP contribution >= 0.6 is 0 Å². The van der Waals surface area contributed by atoms with Gasteiger partial charge < -0.3 is 10.2 Å². The van der Waals surface area contributed by atoms with Gasteiger partial charge in [0.15, 0.2) is 0 Å². The molecule has 0 spiro atoms. The van der Waals surface area contributed by atoms with Gasteiger partial charge in [-0.15, -0.1) is 0 Å². The van der Waals surface area contributed by atoms with Crippen LogP contribution in [0.3, 0.4) is 0 Å². The first kappa shape index (κ1) is 6.78. The van der Waals surface area contributed by atoms with Crippen molar-refractivity contribution in [3.8, 4) is 0 Å². The summed E-state index contributed by atoms with van der Waals surface area (Å²) in [7, 11) is 0. The van der Waals surface area contributed by atoms with Gasteiger partial charge in [0.05, 0.1) is 12.2 Å². The van der Waals surface area contributed by atoms with Gasteiger partial charge in [-0.05, 0) is 19.3 Å². The molecule has 0 aromatic rings. The molecule has 2 atom stereocenters. The standard InChI is InChI=1S/C7H12O2/c8-6-3-1-2-4-7(9)5-6/h1-2,6-9H,3-5H2/t6-,7+. The Kier molecular flexibility index (Phi) is 2.25. The van der Waals surface area contributed by atoms with Gasteiger partial charge in [0.1, 0.15) is 0 Å². The van der Waals surface area contributed by atoms with Crippen LogP contribution in [0.2, 0.25) is 0 Å². The normalized spacial score (nSPS) is 36.2. The van der Waals surface area contributed by atoms with Gasteiger partial charge in [-0.1, -0.05) is 12.2 Å². The summed E-state index contributed by atoms with van der Waals surface area (Å²) in [6, 6.07) is 0. The number of aliphatic hydroxyl groups is 2. The second kappa shape index (κ2) is 2.99. The number of hydrogen-bond acceptors (Lipinski definition) is 2. The minimum absolute atomic E-state index is 0.334. The van der Waals surface area contributed by atoms with E-state index in [2.05, 4.69) is 0 Å². The Hall–Kier alpha value is -0.340. The van der Waals surface area contributed by atoms with Crippen LogP contribution in [-0.4, -0.2) is 22.4 Å². The summed E-state index contributed by atoms with van der Waals surface area (Å²) in [5.41, 5.74) is 0. The van der Waals surface area contributed by atoms with E-state index in [9.17, 15) is 0 Å². The van der Waals surface area contributed by atoms with Crippen LogP contribution in [0.1, 0.15) is 19.3 Å². The molecule has 0 aromatic heterocycles. The monoisotopic (exact) mass is 128 g/mol. The molecule has 52 valence electrons. The highest BCUT2D eigenvalue weighted by Crippen LogP contribution is 2.11. The molecular formula is C7H12O2.